The first-order chi connectivity index (χ1) is 18.7. The Kier molecular flexibility index (Phi) is 7.47. The van der Waals surface area contributed by atoms with Gasteiger partial charge in [-0.2, -0.15) is 0 Å². The van der Waals surface area contributed by atoms with Gasteiger partial charge in [-0.05, 0) is 67.5 Å². The van der Waals surface area contributed by atoms with Gasteiger partial charge in [0.05, 0.1) is 40.1 Å². The number of rotatable bonds is 5. The van der Waals surface area contributed by atoms with Gasteiger partial charge in [0.2, 0.25) is 5.89 Å². The van der Waals surface area contributed by atoms with Crippen LogP contribution in [-0.4, -0.2) is 47.2 Å². The Balaban J connectivity index is 1.37. The Morgan fingerprint density at radius 3 is 2.64 bits per heavy atom. The zero-order valence-corrected chi connectivity index (χ0v) is 22.7. The van der Waals surface area contributed by atoms with Gasteiger partial charge in [0.15, 0.2) is 10.7 Å². The number of morpholine rings is 1. The fraction of sp³-hybridized carbons (Fsp3) is 0.222. The van der Waals surface area contributed by atoms with Crippen molar-refractivity contribution >= 4 is 63.0 Å². The number of nitrogens with zero attached hydrogens (tertiary/aromatic N) is 3. The lowest BCUT2D eigenvalue weighted by molar-refractivity contribution is -0.384. The monoisotopic (exact) mass is 565 g/mol. The minimum absolute atomic E-state index is 0.0254. The van der Waals surface area contributed by atoms with Gasteiger partial charge < -0.3 is 19.4 Å². The van der Waals surface area contributed by atoms with Crippen LogP contribution in [0.5, 0.6) is 0 Å². The summed E-state index contributed by atoms with van der Waals surface area (Å²) in [6, 6.07) is 13.3. The number of nitrogens with one attached hydrogen (secondary N) is 2. The topological polar surface area (TPSA) is 123 Å². The number of fused-ring (bicyclic) bond motifs is 1. The number of amides is 1. The van der Waals surface area contributed by atoms with Crippen LogP contribution in [0.1, 0.15) is 21.5 Å². The van der Waals surface area contributed by atoms with E-state index in [4.69, 9.17) is 33.0 Å². The largest absolute Gasteiger partial charge is 0.436 e. The Morgan fingerprint density at radius 1 is 1.13 bits per heavy atom. The predicted molar refractivity (Wildman–Crippen MR) is 154 cm³/mol. The number of hydrogen-bond acceptors (Lipinski definition) is 8. The third-order valence-electron chi connectivity index (χ3n) is 6.30. The lowest BCUT2D eigenvalue weighted by Gasteiger charge is -2.30. The summed E-state index contributed by atoms with van der Waals surface area (Å²) in [7, 11) is 0. The van der Waals surface area contributed by atoms with Crippen molar-refractivity contribution in [1.82, 2.24) is 10.3 Å². The molecule has 0 bridgehead atoms. The van der Waals surface area contributed by atoms with E-state index < -0.39 is 10.8 Å². The lowest BCUT2D eigenvalue weighted by atomic mass is 10.1. The number of nitro groups is 1. The van der Waals surface area contributed by atoms with Crippen LogP contribution in [0, 0.1) is 24.0 Å². The maximum Gasteiger partial charge on any atom is 0.270 e. The van der Waals surface area contributed by atoms with Gasteiger partial charge in [0, 0.05) is 30.8 Å². The molecule has 0 aliphatic carbocycles. The molecule has 39 heavy (non-hydrogen) atoms. The van der Waals surface area contributed by atoms with Crippen molar-refractivity contribution in [3.05, 3.63) is 80.4 Å². The quantitative estimate of drug-likeness (QED) is 0.180. The Hall–Kier alpha value is -4.06. The van der Waals surface area contributed by atoms with Gasteiger partial charge in [-0.25, -0.2) is 4.98 Å². The number of thiocarbonyl (C=S) groups is 1. The second-order valence-corrected chi connectivity index (χ2v) is 9.93. The minimum atomic E-state index is -0.588. The molecule has 0 atom stereocenters. The molecule has 200 valence electrons. The summed E-state index contributed by atoms with van der Waals surface area (Å²) in [6.07, 6.45) is 0. The maximum absolute atomic E-state index is 13.2. The fourth-order valence-corrected chi connectivity index (χ4v) is 4.85. The number of non-ortho nitro benzene ring substituents is 1. The van der Waals surface area contributed by atoms with Crippen LogP contribution in [-0.2, 0) is 4.74 Å². The van der Waals surface area contributed by atoms with Gasteiger partial charge >= 0.3 is 0 Å². The molecule has 0 spiro atoms. The van der Waals surface area contributed by atoms with Gasteiger partial charge in [0.1, 0.15) is 5.52 Å². The summed E-state index contributed by atoms with van der Waals surface area (Å²) < 4.78 is 11.4. The molecule has 0 radical (unpaired) electrons. The van der Waals surface area contributed by atoms with Crippen LogP contribution < -0.4 is 15.5 Å². The van der Waals surface area contributed by atoms with Gasteiger partial charge in [-0.15, -0.1) is 0 Å². The van der Waals surface area contributed by atoms with Crippen LogP contribution in [0.25, 0.3) is 22.6 Å². The zero-order valence-electron chi connectivity index (χ0n) is 21.1. The molecule has 2 heterocycles. The van der Waals surface area contributed by atoms with Crippen LogP contribution in [0.4, 0.5) is 17.1 Å². The number of carbonyl (C=O) groups excluding carboxylic acids is 1. The van der Waals surface area contributed by atoms with E-state index in [-0.39, 0.29) is 16.4 Å². The van der Waals surface area contributed by atoms with E-state index in [0.717, 1.165) is 16.6 Å². The van der Waals surface area contributed by atoms with Crippen LogP contribution >= 0.6 is 23.8 Å². The van der Waals surface area contributed by atoms with E-state index >= 15 is 0 Å². The molecule has 5 rings (SSSR count). The molecule has 0 saturated carbocycles. The van der Waals surface area contributed by atoms with Crippen molar-refractivity contribution in [2.45, 2.75) is 13.8 Å². The molecule has 4 aromatic rings. The van der Waals surface area contributed by atoms with E-state index in [0.29, 0.717) is 59.7 Å². The summed E-state index contributed by atoms with van der Waals surface area (Å²) >= 11 is 11.8. The van der Waals surface area contributed by atoms with E-state index in [1.165, 1.54) is 12.1 Å². The Bertz CT molecular complexity index is 1620. The number of aryl methyl sites for hydroxylation is 2. The number of carbonyl (C=O) groups is 1. The molecule has 12 heteroatoms. The third kappa shape index (κ3) is 5.70. The molecular weight excluding hydrogens is 542 g/mol. The van der Waals surface area contributed by atoms with Crippen LogP contribution in [0.2, 0.25) is 5.02 Å². The smallest absolute Gasteiger partial charge is 0.270 e. The molecule has 1 aromatic heterocycles. The average molecular weight is 566 g/mol. The van der Waals surface area contributed by atoms with Crippen molar-refractivity contribution in [3.63, 3.8) is 0 Å². The zero-order chi connectivity index (χ0) is 27.7. The number of benzene rings is 3. The first kappa shape index (κ1) is 26.5. The summed E-state index contributed by atoms with van der Waals surface area (Å²) in [4.78, 5) is 30.6. The van der Waals surface area contributed by atoms with Crippen molar-refractivity contribution in [1.29, 1.82) is 0 Å². The predicted octanol–water partition coefficient (Wildman–Crippen LogP) is 5.64. The van der Waals surface area contributed by atoms with Crippen LogP contribution in [0.15, 0.2) is 52.9 Å². The van der Waals surface area contributed by atoms with E-state index in [9.17, 15) is 14.9 Å². The Morgan fingerprint density at radius 2 is 1.90 bits per heavy atom. The van der Waals surface area contributed by atoms with E-state index in [2.05, 4.69) is 15.6 Å². The van der Waals surface area contributed by atoms with Gasteiger partial charge in [-0.1, -0.05) is 17.7 Å². The minimum Gasteiger partial charge on any atom is -0.436 e. The Labute approximate surface area is 234 Å². The highest BCUT2D eigenvalue weighted by Crippen LogP contribution is 2.32. The number of nitro benzene ring substituents is 1. The molecular formula is C27H24ClN5O5S. The second-order valence-electron chi connectivity index (χ2n) is 9.11. The number of halogens is 1. The first-order valence-corrected chi connectivity index (χ1v) is 12.9. The lowest BCUT2D eigenvalue weighted by Crippen LogP contribution is -2.39. The SMILES string of the molecule is Cc1cc(C)c2oc(-c3ccc(Cl)c(NC(=S)NC(=O)c4cc([N+](=O)[O-])ccc4N4CCOCC4)c3)nc2c1. The summed E-state index contributed by atoms with van der Waals surface area (Å²) in [5, 5.41) is 17.3. The molecule has 1 saturated heterocycles. The van der Waals surface area contributed by atoms with Crippen molar-refractivity contribution in [3.8, 4) is 11.5 Å². The second kappa shape index (κ2) is 11.0. The third-order valence-corrected chi connectivity index (χ3v) is 6.83. The summed E-state index contributed by atoms with van der Waals surface area (Å²) in [5.74, 6) is -0.171. The molecule has 1 amide bonds. The highest BCUT2D eigenvalue weighted by molar-refractivity contribution is 7.80. The first-order valence-electron chi connectivity index (χ1n) is 12.1. The highest BCUT2D eigenvalue weighted by atomic mass is 35.5. The number of aromatic nitrogens is 1. The number of hydrogen-bond donors (Lipinski definition) is 2. The van der Waals surface area contributed by atoms with E-state index in [1.807, 2.05) is 30.9 Å². The highest BCUT2D eigenvalue weighted by Gasteiger charge is 2.23. The number of ether oxygens (including phenoxy) is 1. The van der Waals surface area contributed by atoms with Crippen molar-refractivity contribution in [2.24, 2.45) is 0 Å². The van der Waals surface area contributed by atoms with Gasteiger partial charge in [0.25, 0.3) is 11.6 Å². The van der Waals surface area contributed by atoms with Crippen LogP contribution in [0.3, 0.4) is 0 Å². The molecule has 2 N–H and O–H groups in total. The molecule has 3 aromatic carbocycles. The molecule has 1 aliphatic rings. The fourth-order valence-electron chi connectivity index (χ4n) is 4.48. The number of oxazole rings is 1. The molecule has 10 nitrogen and oxygen atoms in total. The van der Waals surface area contributed by atoms with Gasteiger partial charge in [-0.3, -0.25) is 20.2 Å². The molecule has 1 aliphatic heterocycles. The van der Waals surface area contributed by atoms with Crippen molar-refractivity contribution < 1.29 is 18.9 Å². The summed E-state index contributed by atoms with van der Waals surface area (Å²) in [5.41, 5.74) is 5.12. The molecule has 1 fully saturated rings. The normalized spacial score (nSPS) is 13.4. The van der Waals surface area contributed by atoms with E-state index in [1.54, 1.807) is 24.3 Å². The average Bonchev–Trinajstić information content (AvgIpc) is 3.34. The number of anilines is 2. The standard InChI is InChI=1S/C27H24ClN5O5S/c1-15-11-16(2)24-22(12-15)29-26(38-24)17-3-5-20(28)21(13-17)30-27(39)31-25(34)19-14-18(33(35)36)4-6-23(19)32-7-9-37-10-8-32/h3-6,11-14H,7-10H2,1-2H3,(H2,30,31,34,39). The van der Waals surface area contributed by atoms with Crippen molar-refractivity contribution in [2.75, 3.05) is 36.5 Å². The maximum atomic E-state index is 13.2. The summed E-state index contributed by atoms with van der Waals surface area (Å²) in [6.45, 7) is 6.05. The molecule has 0 unspecified atom stereocenters.